The quantitative estimate of drug-likeness (QED) is 0.475. The van der Waals surface area contributed by atoms with Gasteiger partial charge < -0.3 is 24.9 Å². The Balaban J connectivity index is 1.17. The van der Waals surface area contributed by atoms with E-state index in [4.69, 9.17) is 14.3 Å². The number of ether oxygens (including phenoxy) is 1. The van der Waals surface area contributed by atoms with Crippen LogP contribution in [0.5, 0.6) is 0 Å². The number of hydrogen-bond acceptors (Lipinski definition) is 6. The van der Waals surface area contributed by atoms with Crippen molar-refractivity contribution in [1.29, 1.82) is 0 Å². The second kappa shape index (κ2) is 9.61. The number of aromatic carboxylic acids is 1. The molecular formula is C26H25N3O6. The first-order valence-electron chi connectivity index (χ1n) is 11.6. The summed E-state index contributed by atoms with van der Waals surface area (Å²) in [6, 6.07) is 15.9. The average Bonchev–Trinajstić information content (AvgIpc) is 3.59. The van der Waals surface area contributed by atoms with Crippen LogP contribution in [0.1, 0.15) is 52.6 Å². The van der Waals surface area contributed by atoms with E-state index in [0.717, 1.165) is 35.1 Å². The van der Waals surface area contributed by atoms with Crippen LogP contribution < -0.4 is 10.6 Å². The van der Waals surface area contributed by atoms with Crippen molar-refractivity contribution >= 4 is 18.0 Å². The number of oxazole rings is 1. The minimum atomic E-state index is -1.22. The minimum Gasteiger partial charge on any atom is -0.476 e. The van der Waals surface area contributed by atoms with Crippen LogP contribution in [-0.2, 0) is 16.1 Å². The van der Waals surface area contributed by atoms with E-state index in [1.165, 1.54) is 0 Å². The lowest BCUT2D eigenvalue weighted by molar-refractivity contribution is -0.125. The van der Waals surface area contributed by atoms with Gasteiger partial charge in [-0.05, 0) is 35.1 Å². The molecule has 2 amide bonds. The number of carboxylic acid groups (broad SMARTS) is 1. The number of amides is 2. The molecule has 1 aromatic heterocycles. The zero-order valence-electron chi connectivity index (χ0n) is 18.9. The molecule has 0 unspecified atom stereocenters. The second-order valence-corrected chi connectivity index (χ2v) is 8.76. The van der Waals surface area contributed by atoms with E-state index in [9.17, 15) is 14.4 Å². The Morgan fingerprint density at radius 2 is 1.71 bits per heavy atom. The Morgan fingerprint density at radius 1 is 1.03 bits per heavy atom. The van der Waals surface area contributed by atoms with Crippen LogP contribution >= 0.6 is 0 Å². The number of rotatable bonds is 7. The van der Waals surface area contributed by atoms with Gasteiger partial charge in [0.05, 0.1) is 12.5 Å². The molecular weight excluding hydrogens is 450 g/mol. The Labute approximate surface area is 201 Å². The van der Waals surface area contributed by atoms with Gasteiger partial charge in [0, 0.05) is 12.0 Å². The molecule has 1 saturated carbocycles. The lowest BCUT2D eigenvalue weighted by atomic mass is 9.98. The standard InChI is InChI=1S/C26H25N3O6/c30-24(27-12-22-23(25(31)32)28-14-35-22)19-10-5-11-21(19)29-26(33)34-13-20-17-8-3-1-6-15(17)16-7-2-4-9-18(16)20/h1-4,6-9,14,19-21H,5,10-13H2,(H,27,30)(H,29,33)(H,31,32)/t19-,21+/m0/s1. The molecule has 0 spiro atoms. The molecule has 2 aliphatic rings. The van der Waals surface area contributed by atoms with Crippen molar-refractivity contribution in [2.45, 2.75) is 37.8 Å². The number of fused-ring (bicyclic) bond motifs is 3. The van der Waals surface area contributed by atoms with Crippen LogP contribution in [0.3, 0.4) is 0 Å². The maximum Gasteiger partial charge on any atom is 0.407 e. The lowest BCUT2D eigenvalue weighted by Gasteiger charge is -2.21. The first-order chi connectivity index (χ1) is 17.0. The van der Waals surface area contributed by atoms with Gasteiger partial charge in [-0.15, -0.1) is 0 Å². The van der Waals surface area contributed by atoms with E-state index >= 15 is 0 Å². The number of benzene rings is 2. The monoisotopic (exact) mass is 475 g/mol. The van der Waals surface area contributed by atoms with E-state index in [1.807, 2.05) is 24.3 Å². The van der Waals surface area contributed by atoms with E-state index < -0.39 is 18.0 Å². The highest BCUT2D eigenvalue weighted by atomic mass is 16.5. The third-order valence-corrected chi connectivity index (χ3v) is 6.77. The molecule has 35 heavy (non-hydrogen) atoms. The number of carbonyl (C=O) groups is 3. The Bertz CT molecular complexity index is 1220. The number of hydrogen-bond donors (Lipinski definition) is 3. The number of aromatic nitrogens is 1. The molecule has 3 N–H and O–H groups in total. The highest BCUT2D eigenvalue weighted by Gasteiger charge is 2.35. The van der Waals surface area contributed by atoms with E-state index in [-0.39, 0.29) is 42.5 Å². The maximum absolute atomic E-state index is 12.7. The molecule has 1 fully saturated rings. The van der Waals surface area contributed by atoms with Crippen LogP contribution in [0.15, 0.2) is 59.3 Å². The van der Waals surface area contributed by atoms with E-state index in [2.05, 4.69) is 39.9 Å². The number of carboxylic acids is 1. The third-order valence-electron chi connectivity index (χ3n) is 6.77. The summed E-state index contributed by atoms with van der Waals surface area (Å²) in [4.78, 5) is 40.2. The number of nitrogens with one attached hydrogen (secondary N) is 2. The SMILES string of the molecule is O=C(N[C@@H]1CCC[C@@H]1C(=O)NCc1ocnc1C(=O)O)OCC1c2ccccc2-c2ccccc21. The molecule has 9 nitrogen and oxygen atoms in total. The number of carbonyl (C=O) groups excluding carboxylic acids is 2. The minimum absolute atomic E-state index is 0.0406. The third kappa shape index (κ3) is 4.49. The molecule has 0 bridgehead atoms. The fraction of sp³-hybridized carbons (Fsp3) is 0.308. The molecule has 180 valence electrons. The van der Waals surface area contributed by atoms with Crippen molar-refractivity contribution in [2.75, 3.05) is 6.61 Å². The van der Waals surface area contributed by atoms with E-state index in [1.54, 1.807) is 0 Å². The van der Waals surface area contributed by atoms with Gasteiger partial charge in [0.1, 0.15) is 6.61 Å². The van der Waals surface area contributed by atoms with E-state index in [0.29, 0.717) is 12.8 Å². The number of alkyl carbamates (subject to hydrolysis) is 1. The van der Waals surface area contributed by atoms with Crippen molar-refractivity contribution in [3.8, 4) is 11.1 Å². The predicted molar refractivity (Wildman–Crippen MR) is 125 cm³/mol. The molecule has 1 heterocycles. The zero-order valence-corrected chi connectivity index (χ0v) is 18.9. The lowest BCUT2D eigenvalue weighted by Crippen LogP contribution is -2.44. The summed E-state index contributed by atoms with van der Waals surface area (Å²) in [6.07, 6.45) is 2.53. The first kappa shape index (κ1) is 22.6. The van der Waals surface area contributed by atoms with Crippen molar-refractivity contribution in [1.82, 2.24) is 15.6 Å². The molecule has 2 aromatic carbocycles. The highest BCUT2D eigenvalue weighted by Crippen LogP contribution is 2.44. The maximum atomic E-state index is 12.7. The predicted octanol–water partition coefficient (Wildman–Crippen LogP) is 3.70. The van der Waals surface area contributed by atoms with Gasteiger partial charge in [-0.25, -0.2) is 14.6 Å². The summed E-state index contributed by atoms with van der Waals surface area (Å²) < 4.78 is 10.7. The van der Waals surface area contributed by atoms with Gasteiger partial charge in [0.15, 0.2) is 17.8 Å². The summed E-state index contributed by atoms with van der Waals surface area (Å²) in [5, 5.41) is 14.7. The summed E-state index contributed by atoms with van der Waals surface area (Å²) in [6.45, 7) is 0.113. The van der Waals surface area contributed by atoms with Crippen molar-refractivity contribution in [2.24, 2.45) is 5.92 Å². The molecule has 5 rings (SSSR count). The van der Waals surface area contributed by atoms with Gasteiger partial charge >= 0.3 is 12.1 Å². The van der Waals surface area contributed by atoms with Crippen LogP contribution in [0.4, 0.5) is 4.79 Å². The molecule has 0 saturated heterocycles. The molecule has 0 radical (unpaired) electrons. The van der Waals surface area contributed by atoms with Crippen LogP contribution in [0, 0.1) is 5.92 Å². The Hall–Kier alpha value is -4.14. The zero-order chi connectivity index (χ0) is 24.4. The Morgan fingerprint density at radius 3 is 2.40 bits per heavy atom. The molecule has 0 aliphatic heterocycles. The normalized spacial score (nSPS) is 18.5. The molecule has 9 heteroatoms. The van der Waals surface area contributed by atoms with Gasteiger partial charge in [-0.2, -0.15) is 0 Å². The number of nitrogens with zero attached hydrogens (tertiary/aromatic N) is 1. The summed E-state index contributed by atoms with van der Waals surface area (Å²) >= 11 is 0. The molecule has 2 atom stereocenters. The van der Waals surface area contributed by atoms with Crippen LogP contribution in [0.2, 0.25) is 0 Å². The van der Waals surface area contributed by atoms with Crippen molar-refractivity contribution < 1.29 is 28.6 Å². The summed E-state index contributed by atoms with van der Waals surface area (Å²) in [5.41, 5.74) is 4.34. The van der Waals surface area contributed by atoms with Crippen LogP contribution in [0.25, 0.3) is 11.1 Å². The molecule has 3 aromatic rings. The fourth-order valence-electron chi connectivity index (χ4n) is 5.11. The topological polar surface area (TPSA) is 131 Å². The van der Waals surface area contributed by atoms with Gasteiger partial charge in [-0.1, -0.05) is 55.0 Å². The molecule has 2 aliphatic carbocycles. The first-order valence-corrected chi connectivity index (χ1v) is 11.6. The smallest absolute Gasteiger partial charge is 0.407 e. The fourth-order valence-corrected chi connectivity index (χ4v) is 5.11. The summed E-state index contributed by atoms with van der Waals surface area (Å²) in [5.74, 6) is -1.91. The second-order valence-electron chi connectivity index (χ2n) is 8.76. The van der Waals surface area contributed by atoms with Crippen molar-refractivity contribution in [3.63, 3.8) is 0 Å². The van der Waals surface area contributed by atoms with Gasteiger partial charge in [-0.3, -0.25) is 4.79 Å². The largest absolute Gasteiger partial charge is 0.476 e. The van der Waals surface area contributed by atoms with Gasteiger partial charge in [0.2, 0.25) is 5.91 Å². The highest BCUT2D eigenvalue weighted by molar-refractivity contribution is 5.86. The summed E-state index contributed by atoms with van der Waals surface area (Å²) in [7, 11) is 0. The van der Waals surface area contributed by atoms with Crippen molar-refractivity contribution in [3.05, 3.63) is 77.5 Å². The average molecular weight is 476 g/mol. The van der Waals surface area contributed by atoms with Crippen LogP contribution in [-0.4, -0.2) is 40.7 Å². The van der Waals surface area contributed by atoms with Gasteiger partial charge in [0.25, 0.3) is 0 Å². The Kier molecular flexibility index (Phi) is 6.22.